The van der Waals surface area contributed by atoms with Gasteiger partial charge in [0, 0.05) is 11.8 Å². The molecule has 0 aliphatic carbocycles. The Morgan fingerprint density at radius 1 is 0.618 bits per heavy atom. The van der Waals surface area contributed by atoms with Gasteiger partial charge in [0.2, 0.25) is 0 Å². The van der Waals surface area contributed by atoms with Crippen molar-refractivity contribution in [1.29, 1.82) is 5.26 Å². The van der Waals surface area contributed by atoms with Crippen molar-refractivity contribution in [1.82, 2.24) is 4.98 Å². The largest absolute Gasteiger partial charge is 0.453 e. The van der Waals surface area contributed by atoms with E-state index in [0.717, 1.165) is 50.8 Å². The van der Waals surface area contributed by atoms with E-state index in [9.17, 15) is 5.26 Å². The topological polar surface area (TPSA) is 49.2 Å². The summed E-state index contributed by atoms with van der Waals surface area (Å²) in [5.41, 5.74) is 7.59. The van der Waals surface area contributed by atoms with E-state index >= 15 is 0 Å². The Labute approximate surface area is 198 Å². The number of anilines is 3. The molecule has 0 amide bonds. The highest BCUT2D eigenvalue weighted by molar-refractivity contribution is 5.96. The maximum absolute atomic E-state index is 9.36. The second kappa shape index (κ2) is 8.23. The fraction of sp³-hybridized carbons (Fsp3) is 0. The standard InChI is InChI=1S/C30H19N3O/c31-20-22-19-21(17-18-32-22)23-9-1-2-10-24(23)25-11-3-4-12-26(25)33-27-13-5-7-15-29(27)34-30-16-8-6-14-28(30)33/h1-19H. The number of nitriles is 1. The molecule has 0 bridgehead atoms. The molecule has 160 valence electrons. The second-order valence-corrected chi connectivity index (χ2v) is 7.98. The SMILES string of the molecule is N#Cc1cc(-c2ccccc2-c2ccccc2N2c3ccccc3Oc3ccccc32)ccn1. The van der Waals surface area contributed by atoms with Gasteiger partial charge in [-0.15, -0.1) is 0 Å². The highest BCUT2D eigenvalue weighted by atomic mass is 16.5. The van der Waals surface area contributed by atoms with Crippen molar-refractivity contribution in [2.45, 2.75) is 0 Å². The second-order valence-electron chi connectivity index (χ2n) is 7.98. The molecule has 5 aromatic rings. The van der Waals surface area contributed by atoms with Crippen molar-refractivity contribution in [3.63, 3.8) is 0 Å². The zero-order valence-electron chi connectivity index (χ0n) is 18.2. The summed E-state index contributed by atoms with van der Waals surface area (Å²) in [6, 6.07) is 38.8. The highest BCUT2D eigenvalue weighted by Crippen LogP contribution is 2.52. The number of fused-ring (bicyclic) bond motifs is 2. The van der Waals surface area contributed by atoms with Gasteiger partial charge < -0.3 is 9.64 Å². The summed E-state index contributed by atoms with van der Waals surface area (Å²) in [7, 11) is 0. The first kappa shape index (κ1) is 19.8. The predicted octanol–water partition coefficient (Wildman–Crippen LogP) is 7.86. The molecule has 0 radical (unpaired) electrons. The number of aromatic nitrogens is 1. The van der Waals surface area contributed by atoms with Gasteiger partial charge >= 0.3 is 0 Å². The summed E-state index contributed by atoms with van der Waals surface area (Å²) in [5.74, 6) is 1.63. The Bertz CT molecular complexity index is 1520. The molecular formula is C30H19N3O. The Balaban J connectivity index is 1.59. The number of hydrogen-bond donors (Lipinski definition) is 0. The number of rotatable bonds is 3. The van der Waals surface area contributed by atoms with Crippen LogP contribution in [0.5, 0.6) is 11.5 Å². The number of para-hydroxylation sites is 5. The van der Waals surface area contributed by atoms with Gasteiger partial charge in [-0.1, -0.05) is 66.7 Å². The van der Waals surface area contributed by atoms with Crippen molar-refractivity contribution >= 4 is 17.1 Å². The van der Waals surface area contributed by atoms with Gasteiger partial charge in [0.05, 0.1) is 17.1 Å². The summed E-state index contributed by atoms with van der Waals surface area (Å²) < 4.78 is 6.21. The van der Waals surface area contributed by atoms with E-state index in [4.69, 9.17) is 4.74 Å². The molecule has 4 nitrogen and oxygen atoms in total. The lowest BCUT2D eigenvalue weighted by molar-refractivity contribution is 0.477. The molecule has 0 atom stereocenters. The van der Waals surface area contributed by atoms with Crippen LogP contribution in [0.3, 0.4) is 0 Å². The third kappa shape index (κ3) is 3.28. The first-order valence-corrected chi connectivity index (χ1v) is 11.0. The minimum atomic E-state index is 0.400. The highest BCUT2D eigenvalue weighted by Gasteiger charge is 2.27. The van der Waals surface area contributed by atoms with E-state index < -0.39 is 0 Å². The third-order valence-corrected chi connectivity index (χ3v) is 5.98. The molecule has 0 N–H and O–H groups in total. The van der Waals surface area contributed by atoms with Crippen LogP contribution in [0.1, 0.15) is 5.69 Å². The fourth-order valence-electron chi connectivity index (χ4n) is 4.49. The number of pyridine rings is 1. The van der Waals surface area contributed by atoms with E-state index in [0.29, 0.717) is 5.69 Å². The zero-order valence-corrected chi connectivity index (χ0v) is 18.2. The molecule has 1 aliphatic heterocycles. The van der Waals surface area contributed by atoms with Crippen LogP contribution < -0.4 is 9.64 Å². The molecule has 0 spiro atoms. The minimum Gasteiger partial charge on any atom is -0.453 e. The smallest absolute Gasteiger partial charge is 0.151 e. The van der Waals surface area contributed by atoms with Crippen LogP contribution in [0.15, 0.2) is 115 Å². The van der Waals surface area contributed by atoms with Crippen molar-refractivity contribution in [2.75, 3.05) is 4.90 Å². The molecule has 6 rings (SSSR count). The van der Waals surface area contributed by atoms with Crippen LogP contribution in [-0.2, 0) is 0 Å². The molecule has 4 heteroatoms. The van der Waals surface area contributed by atoms with Crippen LogP contribution in [0.2, 0.25) is 0 Å². The molecule has 4 aromatic carbocycles. The maximum atomic E-state index is 9.36. The van der Waals surface area contributed by atoms with Gasteiger partial charge in [-0.2, -0.15) is 5.26 Å². The maximum Gasteiger partial charge on any atom is 0.151 e. The van der Waals surface area contributed by atoms with Gasteiger partial charge in [0.25, 0.3) is 0 Å². The lowest BCUT2D eigenvalue weighted by atomic mass is 9.93. The van der Waals surface area contributed by atoms with E-state index in [-0.39, 0.29) is 0 Å². The van der Waals surface area contributed by atoms with Gasteiger partial charge in [0.15, 0.2) is 11.5 Å². The predicted molar refractivity (Wildman–Crippen MR) is 135 cm³/mol. The molecule has 1 aliphatic rings. The normalized spacial score (nSPS) is 11.7. The van der Waals surface area contributed by atoms with E-state index in [1.54, 1.807) is 6.20 Å². The van der Waals surface area contributed by atoms with Crippen LogP contribution in [0.4, 0.5) is 17.1 Å². The summed E-state index contributed by atoms with van der Waals surface area (Å²) >= 11 is 0. The molecule has 0 fully saturated rings. The first-order valence-electron chi connectivity index (χ1n) is 11.0. The van der Waals surface area contributed by atoms with Crippen LogP contribution in [0, 0.1) is 11.3 Å². The summed E-state index contributed by atoms with van der Waals surface area (Å²) in [5, 5.41) is 9.36. The van der Waals surface area contributed by atoms with Crippen LogP contribution in [-0.4, -0.2) is 4.98 Å². The first-order chi connectivity index (χ1) is 16.8. The summed E-state index contributed by atoms with van der Waals surface area (Å²) in [4.78, 5) is 6.40. The van der Waals surface area contributed by atoms with Crippen LogP contribution in [0.25, 0.3) is 22.3 Å². The third-order valence-electron chi connectivity index (χ3n) is 5.98. The van der Waals surface area contributed by atoms with Gasteiger partial charge in [-0.3, -0.25) is 0 Å². The van der Waals surface area contributed by atoms with Crippen molar-refractivity contribution in [3.05, 3.63) is 121 Å². The minimum absolute atomic E-state index is 0.400. The van der Waals surface area contributed by atoms with Crippen LogP contribution >= 0.6 is 0 Å². The number of ether oxygens (including phenoxy) is 1. The zero-order chi connectivity index (χ0) is 22.9. The van der Waals surface area contributed by atoms with Crippen molar-refractivity contribution < 1.29 is 4.74 Å². The number of hydrogen-bond acceptors (Lipinski definition) is 4. The quantitative estimate of drug-likeness (QED) is 0.283. The fourth-order valence-corrected chi connectivity index (χ4v) is 4.49. The summed E-state index contributed by atoms with van der Waals surface area (Å²) in [6.45, 7) is 0. The van der Waals surface area contributed by atoms with E-state index in [1.807, 2.05) is 60.7 Å². The molecule has 1 aromatic heterocycles. The number of benzene rings is 4. The van der Waals surface area contributed by atoms with E-state index in [1.165, 1.54) is 0 Å². The molecule has 0 unspecified atom stereocenters. The van der Waals surface area contributed by atoms with E-state index in [2.05, 4.69) is 64.5 Å². The Kier molecular flexibility index (Phi) is 4.79. The summed E-state index contributed by atoms with van der Waals surface area (Å²) in [6.07, 6.45) is 1.69. The molecule has 2 heterocycles. The average molecular weight is 438 g/mol. The number of nitrogens with zero attached hydrogens (tertiary/aromatic N) is 3. The monoisotopic (exact) mass is 437 g/mol. The molecule has 0 saturated carbocycles. The van der Waals surface area contributed by atoms with Gasteiger partial charge in [-0.25, -0.2) is 4.98 Å². The molecular weight excluding hydrogens is 418 g/mol. The Hall–Kier alpha value is -4.88. The Morgan fingerprint density at radius 3 is 1.85 bits per heavy atom. The lowest BCUT2D eigenvalue weighted by Crippen LogP contribution is -2.16. The Morgan fingerprint density at radius 2 is 1.18 bits per heavy atom. The van der Waals surface area contributed by atoms with Crippen molar-refractivity contribution in [3.8, 4) is 39.8 Å². The molecule has 0 saturated heterocycles. The van der Waals surface area contributed by atoms with Crippen molar-refractivity contribution in [2.24, 2.45) is 0 Å². The lowest BCUT2D eigenvalue weighted by Gasteiger charge is -2.34. The average Bonchev–Trinajstić information content (AvgIpc) is 2.92. The van der Waals surface area contributed by atoms with Gasteiger partial charge in [0.1, 0.15) is 11.8 Å². The van der Waals surface area contributed by atoms with Gasteiger partial charge in [-0.05, 0) is 59.2 Å². The molecule has 34 heavy (non-hydrogen) atoms.